The lowest BCUT2D eigenvalue weighted by atomic mass is 10.3. The van der Waals surface area contributed by atoms with Gasteiger partial charge >= 0.3 is 6.09 Å². The van der Waals surface area contributed by atoms with E-state index in [2.05, 4.69) is 0 Å². The third-order valence-electron chi connectivity index (χ3n) is 3.91. The van der Waals surface area contributed by atoms with Gasteiger partial charge in [-0.25, -0.2) is 14.1 Å². The molecule has 0 spiro atoms. The van der Waals surface area contributed by atoms with Gasteiger partial charge in [-0.2, -0.15) is 0 Å². The molecule has 0 saturated carbocycles. The number of Topliss-reactive ketones (excluding diaryl/α,β-unsaturated/α-hetero) is 1. The van der Waals surface area contributed by atoms with E-state index in [-0.39, 0.29) is 32.0 Å². The van der Waals surface area contributed by atoms with Crippen molar-refractivity contribution in [3.63, 3.8) is 0 Å². The first kappa shape index (κ1) is 22.9. The Morgan fingerprint density at radius 1 is 0.867 bits per heavy atom. The van der Waals surface area contributed by atoms with E-state index < -0.39 is 17.8 Å². The molecule has 2 aromatic rings. The lowest BCUT2D eigenvalue weighted by molar-refractivity contribution is -0.143. The second-order valence-electron chi connectivity index (χ2n) is 6.22. The zero-order valence-electron chi connectivity index (χ0n) is 16.9. The van der Waals surface area contributed by atoms with Gasteiger partial charge in [0, 0.05) is 6.42 Å². The maximum absolute atomic E-state index is 12.9. The second-order valence-corrected chi connectivity index (χ2v) is 6.22. The number of rotatable bonds is 10. The zero-order valence-corrected chi connectivity index (χ0v) is 16.9. The summed E-state index contributed by atoms with van der Waals surface area (Å²) in [5, 5.41) is 0. The number of hydrogen-bond acceptors (Lipinski definition) is 6. The van der Waals surface area contributed by atoms with Crippen molar-refractivity contribution in [1.82, 2.24) is 4.90 Å². The fourth-order valence-electron chi connectivity index (χ4n) is 2.34. The number of carbonyl (C=O) groups excluding carboxylic acids is 3. The van der Waals surface area contributed by atoms with Crippen molar-refractivity contribution in [2.45, 2.75) is 26.7 Å². The van der Waals surface area contributed by atoms with Crippen LogP contribution < -0.4 is 9.47 Å². The van der Waals surface area contributed by atoms with Crippen LogP contribution in [0.3, 0.4) is 0 Å². The smallest absolute Gasteiger partial charge is 0.416 e. The molecule has 2 rings (SSSR count). The Bertz CT molecular complexity index is 851. The molecular formula is C22H24FNO6. The number of ketones is 1. The predicted molar refractivity (Wildman–Crippen MR) is 107 cm³/mol. The molecule has 30 heavy (non-hydrogen) atoms. The van der Waals surface area contributed by atoms with Crippen molar-refractivity contribution in [2.24, 2.45) is 0 Å². The van der Waals surface area contributed by atoms with Crippen LogP contribution in [0, 0.1) is 5.82 Å². The van der Waals surface area contributed by atoms with E-state index >= 15 is 0 Å². The topological polar surface area (TPSA) is 82.1 Å². The normalized spacial score (nSPS) is 10.2. The van der Waals surface area contributed by atoms with Gasteiger partial charge in [0.15, 0.2) is 0 Å². The Hall–Kier alpha value is -3.42. The van der Waals surface area contributed by atoms with Crippen LogP contribution in [0.4, 0.5) is 9.18 Å². The van der Waals surface area contributed by atoms with Gasteiger partial charge in [-0.1, -0.05) is 13.8 Å². The van der Waals surface area contributed by atoms with E-state index in [0.29, 0.717) is 23.7 Å². The summed E-state index contributed by atoms with van der Waals surface area (Å²) in [5.41, 5.74) is 0. The number of imide groups is 1. The monoisotopic (exact) mass is 417 g/mol. The van der Waals surface area contributed by atoms with Gasteiger partial charge < -0.3 is 14.2 Å². The van der Waals surface area contributed by atoms with Crippen LogP contribution in [0.25, 0.3) is 0 Å². The molecule has 8 heteroatoms. The number of hydrogen-bond donors (Lipinski definition) is 0. The lowest BCUT2D eigenvalue weighted by Crippen LogP contribution is -2.43. The van der Waals surface area contributed by atoms with E-state index in [9.17, 15) is 18.8 Å². The van der Waals surface area contributed by atoms with E-state index in [4.69, 9.17) is 14.2 Å². The van der Waals surface area contributed by atoms with Crippen LogP contribution in [0.2, 0.25) is 0 Å². The Kier molecular flexibility index (Phi) is 8.80. The molecular weight excluding hydrogens is 393 g/mol. The third kappa shape index (κ3) is 6.88. The maximum atomic E-state index is 12.9. The molecule has 0 aliphatic heterocycles. The van der Waals surface area contributed by atoms with E-state index in [1.807, 2.05) is 6.92 Å². The van der Waals surface area contributed by atoms with Gasteiger partial charge in [0.2, 0.25) is 5.78 Å². The van der Waals surface area contributed by atoms with Crippen molar-refractivity contribution < 1.29 is 33.0 Å². The Morgan fingerprint density at radius 2 is 1.43 bits per heavy atom. The largest absolute Gasteiger partial charge is 0.492 e. The van der Waals surface area contributed by atoms with Crippen molar-refractivity contribution in [3.8, 4) is 17.2 Å². The summed E-state index contributed by atoms with van der Waals surface area (Å²) >= 11 is 0. The average molecular weight is 417 g/mol. The summed E-state index contributed by atoms with van der Waals surface area (Å²) in [6.45, 7) is 3.38. The Morgan fingerprint density at radius 3 is 2.00 bits per heavy atom. The van der Waals surface area contributed by atoms with Gasteiger partial charge in [0.1, 0.15) is 29.7 Å². The van der Waals surface area contributed by atoms with Crippen LogP contribution >= 0.6 is 0 Å². The van der Waals surface area contributed by atoms with Crippen LogP contribution in [-0.2, 0) is 14.3 Å². The van der Waals surface area contributed by atoms with Crippen LogP contribution in [-0.4, -0.2) is 42.4 Å². The Balaban J connectivity index is 1.91. The summed E-state index contributed by atoms with van der Waals surface area (Å²) in [6.07, 6.45) is -0.277. The first-order valence-electron chi connectivity index (χ1n) is 9.62. The number of ether oxygens (including phenoxy) is 3. The number of amides is 2. The molecule has 2 aromatic carbocycles. The summed E-state index contributed by atoms with van der Waals surface area (Å²) in [7, 11) is 0. The van der Waals surface area contributed by atoms with Crippen LogP contribution in [0.1, 0.15) is 26.7 Å². The molecule has 2 amide bonds. The van der Waals surface area contributed by atoms with Crippen LogP contribution in [0.15, 0.2) is 48.5 Å². The van der Waals surface area contributed by atoms with Gasteiger partial charge in [-0.15, -0.1) is 0 Å². The highest BCUT2D eigenvalue weighted by Gasteiger charge is 2.27. The minimum absolute atomic E-state index is 0.00718. The molecule has 0 fully saturated rings. The van der Waals surface area contributed by atoms with E-state index in [0.717, 1.165) is 4.90 Å². The van der Waals surface area contributed by atoms with E-state index in [1.165, 1.54) is 24.3 Å². The first-order valence-corrected chi connectivity index (χ1v) is 9.62. The van der Waals surface area contributed by atoms with Crippen LogP contribution in [0.5, 0.6) is 17.2 Å². The lowest BCUT2D eigenvalue weighted by Gasteiger charge is -2.19. The zero-order chi connectivity index (χ0) is 21.9. The molecule has 0 aliphatic rings. The number of carbonyl (C=O) groups is 3. The highest BCUT2D eigenvalue weighted by atomic mass is 19.1. The molecule has 0 aliphatic carbocycles. The summed E-state index contributed by atoms with van der Waals surface area (Å²) in [5.74, 6) is -0.431. The van der Waals surface area contributed by atoms with E-state index in [1.54, 1.807) is 31.2 Å². The fraction of sp³-hybridized carbons (Fsp3) is 0.318. The minimum Gasteiger partial charge on any atom is -0.492 e. The molecule has 0 atom stereocenters. The van der Waals surface area contributed by atoms with Crippen molar-refractivity contribution in [3.05, 3.63) is 54.3 Å². The fourth-order valence-corrected chi connectivity index (χ4v) is 2.34. The highest BCUT2D eigenvalue weighted by Crippen LogP contribution is 2.24. The standard InChI is InChI=1S/C22H24FNO6/c1-3-14-29-22(27)24(21(26)20(25)4-2)13-15-28-17-9-11-19(12-10-17)30-18-7-5-16(23)6-8-18/h5-12H,3-4,13-15H2,1-2H3. The highest BCUT2D eigenvalue weighted by molar-refractivity contribution is 6.38. The third-order valence-corrected chi connectivity index (χ3v) is 3.91. The molecule has 7 nitrogen and oxygen atoms in total. The van der Waals surface area contributed by atoms with Gasteiger partial charge in [0.25, 0.3) is 5.91 Å². The van der Waals surface area contributed by atoms with Crippen molar-refractivity contribution in [1.29, 1.82) is 0 Å². The number of halogens is 1. The molecule has 0 N–H and O–H groups in total. The SMILES string of the molecule is CCCOC(=O)N(CCOc1ccc(Oc2ccc(F)cc2)cc1)C(=O)C(=O)CC. The number of benzene rings is 2. The summed E-state index contributed by atoms with van der Waals surface area (Å²) in [6, 6.07) is 12.3. The predicted octanol–water partition coefficient (Wildman–Crippen LogP) is 4.35. The maximum Gasteiger partial charge on any atom is 0.416 e. The quantitative estimate of drug-likeness (QED) is 0.535. The van der Waals surface area contributed by atoms with Gasteiger partial charge in [-0.05, 0) is 55.0 Å². The van der Waals surface area contributed by atoms with Crippen molar-refractivity contribution in [2.75, 3.05) is 19.8 Å². The summed E-state index contributed by atoms with van der Waals surface area (Å²) in [4.78, 5) is 36.7. The Labute approximate surface area is 174 Å². The molecule has 0 radical (unpaired) electrons. The molecule has 0 saturated heterocycles. The molecule has 0 bridgehead atoms. The van der Waals surface area contributed by atoms with Crippen molar-refractivity contribution >= 4 is 17.8 Å². The summed E-state index contributed by atoms with van der Waals surface area (Å²) < 4.78 is 29.1. The average Bonchev–Trinajstić information content (AvgIpc) is 2.76. The second kappa shape index (κ2) is 11.5. The molecule has 0 heterocycles. The minimum atomic E-state index is -0.912. The van der Waals surface area contributed by atoms with Gasteiger partial charge in [0.05, 0.1) is 13.2 Å². The molecule has 0 unspecified atom stereocenters. The van der Waals surface area contributed by atoms with Gasteiger partial charge in [-0.3, -0.25) is 9.59 Å². The molecule has 0 aromatic heterocycles. The first-order chi connectivity index (χ1) is 14.4. The number of nitrogens with zero attached hydrogens (tertiary/aromatic N) is 1. The molecule has 160 valence electrons.